The zero-order valence-corrected chi connectivity index (χ0v) is 33.3. The van der Waals surface area contributed by atoms with Gasteiger partial charge in [-0.3, -0.25) is 0 Å². The van der Waals surface area contributed by atoms with Crippen molar-refractivity contribution in [1.29, 1.82) is 0 Å². The Kier molecular flexibility index (Phi) is 6.60. The van der Waals surface area contributed by atoms with E-state index in [0.717, 1.165) is 104 Å². The van der Waals surface area contributed by atoms with Gasteiger partial charge in [-0.1, -0.05) is 176 Å². The van der Waals surface area contributed by atoms with Crippen LogP contribution in [0.5, 0.6) is 0 Å². The summed E-state index contributed by atoms with van der Waals surface area (Å²) in [5.74, 6) is 0. The summed E-state index contributed by atoms with van der Waals surface area (Å²) in [6, 6.07) is 66.2. The molecule has 0 unspecified atom stereocenters. The summed E-state index contributed by atoms with van der Waals surface area (Å²) in [7, 11) is 0. The third kappa shape index (κ3) is 5.17. The Morgan fingerprint density at radius 3 is 1.73 bits per heavy atom. The van der Waals surface area contributed by atoms with E-state index in [-0.39, 0.29) is 29.7 Å². The van der Waals surface area contributed by atoms with Gasteiger partial charge >= 0.3 is 0 Å². The topological polar surface area (TPSA) is 18.1 Å². The Balaban J connectivity index is 1.14. The molecule has 0 spiro atoms. The Bertz CT molecular complexity index is 4140. The average Bonchev–Trinajstić information content (AvgIpc) is 3.92. The third-order valence-corrected chi connectivity index (χ3v) is 12.6. The summed E-state index contributed by atoms with van der Waals surface area (Å²) < 4.78 is 52.8. The molecule has 11 aromatic carbocycles. The second-order valence-electron chi connectivity index (χ2n) is 16.0. The van der Waals surface area contributed by atoms with E-state index in [1.54, 1.807) is 0 Å². The van der Waals surface area contributed by atoms with Crippen molar-refractivity contribution < 1.29 is 11.3 Å². The molecule has 13 rings (SSSR count). The second-order valence-corrected chi connectivity index (χ2v) is 16.0. The standard InChI is InChI=1S/C60H37NO/c1-3-17-38(18-4-1)57-47-24-9-11-26-49(47)59(50-27-12-10-25-48(50)57)52-36-41(35-39-19-7-8-22-43(39)52)44-33-34-56-60(51-28-14-16-30-55(51)62-56)58(44)40-31-32-46-45-23-13-15-29-53(45)61(54(46)37-40)42-20-5-2-6-21-42/h1-37H/i1D,3D,4D,17D,18D. The van der Waals surface area contributed by atoms with Crippen molar-refractivity contribution in [3.63, 3.8) is 0 Å². The molecule has 13 aromatic rings. The first-order valence-electron chi connectivity index (χ1n) is 23.4. The fraction of sp³-hybridized carbons (Fsp3) is 0. The highest BCUT2D eigenvalue weighted by Crippen LogP contribution is 2.49. The van der Waals surface area contributed by atoms with E-state index in [9.17, 15) is 0 Å². The summed E-state index contributed by atoms with van der Waals surface area (Å²) in [6.07, 6.45) is 0. The highest BCUT2D eigenvalue weighted by atomic mass is 16.3. The fourth-order valence-corrected chi connectivity index (χ4v) is 10.1. The summed E-state index contributed by atoms with van der Waals surface area (Å²) in [6.45, 7) is 0. The smallest absolute Gasteiger partial charge is 0.136 e. The van der Waals surface area contributed by atoms with Gasteiger partial charge in [0, 0.05) is 32.8 Å². The molecular weight excluding hydrogens is 751 g/mol. The third-order valence-electron chi connectivity index (χ3n) is 12.6. The number of aromatic nitrogens is 1. The molecule has 0 saturated heterocycles. The van der Waals surface area contributed by atoms with Crippen LogP contribution in [0.15, 0.2) is 229 Å². The summed E-state index contributed by atoms with van der Waals surface area (Å²) in [4.78, 5) is 0. The van der Waals surface area contributed by atoms with Crippen molar-refractivity contribution in [1.82, 2.24) is 4.57 Å². The minimum Gasteiger partial charge on any atom is -0.456 e. The first kappa shape index (κ1) is 29.9. The van der Waals surface area contributed by atoms with E-state index in [1.807, 2.05) is 48.5 Å². The molecule has 0 bridgehead atoms. The van der Waals surface area contributed by atoms with E-state index in [2.05, 4.69) is 150 Å². The van der Waals surface area contributed by atoms with Crippen LogP contribution in [0.2, 0.25) is 0 Å². The van der Waals surface area contributed by atoms with Crippen LogP contribution >= 0.6 is 0 Å². The minimum atomic E-state index is -0.410. The zero-order chi connectivity index (χ0) is 45.1. The lowest BCUT2D eigenvalue weighted by molar-refractivity contribution is 0.669. The first-order valence-corrected chi connectivity index (χ1v) is 20.9. The van der Waals surface area contributed by atoms with Crippen molar-refractivity contribution in [3.05, 3.63) is 224 Å². The number of nitrogens with zero attached hydrogens (tertiary/aromatic N) is 1. The molecule has 0 saturated carbocycles. The van der Waals surface area contributed by atoms with Gasteiger partial charge in [-0.05, 0) is 120 Å². The van der Waals surface area contributed by atoms with Gasteiger partial charge in [-0.2, -0.15) is 0 Å². The monoisotopic (exact) mass is 792 g/mol. The van der Waals surface area contributed by atoms with Crippen molar-refractivity contribution in [3.8, 4) is 50.2 Å². The molecule has 0 amide bonds. The lowest BCUT2D eigenvalue weighted by atomic mass is 9.83. The number of hydrogen-bond acceptors (Lipinski definition) is 1. The fourth-order valence-electron chi connectivity index (χ4n) is 10.1. The normalized spacial score (nSPS) is 13.0. The van der Waals surface area contributed by atoms with Gasteiger partial charge in [-0.15, -0.1) is 0 Å². The number of para-hydroxylation sites is 3. The molecule has 2 nitrogen and oxygen atoms in total. The predicted octanol–water partition coefficient (Wildman–Crippen LogP) is 16.8. The van der Waals surface area contributed by atoms with Gasteiger partial charge in [0.25, 0.3) is 0 Å². The number of furan rings is 1. The van der Waals surface area contributed by atoms with Gasteiger partial charge in [0.2, 0.25) is 0 Å². The maximum absolute atomic E-state index is 9.11. The van der Waals surface area contributed by atoms with Crippen LogP contribution in [-0.4, -0.2) is 4.57 Å². The lowest BCUT2D eigenvalue weighted by Gasteiger charge is -2.20. The number of fused-ring (bicyclic) bond motifs is 9. The van der Waals surface area contributed by atoms with Crippen molar-refractivity contribution in [2.45, 2.75) is 0 Å². The van der Waals surface area contributed by atoms with Crippen LogP contribution in [0.3, 0.4) is 0 Å². The summed E-state index contributed by atoms with van der Waals surface area (Å²) in [5.41, 5.74) is 12.0. The van der Waals surface area contributed by atoms with Gasteiger partial charge in [0.15, 0.2) is 0 Å². The van der Waals surface area contributed by atoms with Gasteiger partial charge < -0.3 is 8.98 Å². The Morgan fingerprint density at radius 1 is 0.355 bits per heavy atom. The largest absolute Gasteiger partial charge is 0.456 e. The zero-order valence-electron chi connectivity index (χ0n) is 38.3. The first-order chi connectivity index (χ1) is 32.9. The van der Waals surface area contributed by atoms with Gasteiger partial charge in [-0.25, -0.2) is 0 Å². The Labute approximate surface area is 365 Å². The van der Waals surface area contributed by atoms with Crippen molar-refractivity contribution in [2.24, 2.45) is 0 Å². The summed E-state index contributed by atoms with van der Waals surface area (Å²) >= 11 is 0. The predicted molar refractivity (Wildman–Crippen MR) is 262 cm³/mol. The quantitative estimate of drug-likeness (QED) is 0.159. The van der Waals surface area contributed by atoms with Crippen LogP contribution in [0.4, 0.5) is 0 Å². The number of rotatable bonds is 5. The maximum Gasteiger partial charge on any atom is 0.136 e. The van der Waals surface area contributed by atoms with E-state index >= 15 is 0 Å². The summed E-state index contributed by atoms with van der Waals surface area (Å²) in [5, 5.41) is 10.0. The van der Waals surface area contributed by atoms with Gasteiger partial charge in [0.05, 0.1) is 17.9 Å². The molecule has 62 heavy (non-hydrogen) atoms. The Hall–Kier alpha value is -8.20. The Morgan fingerprint density at radius 2 is 0.968 bits per heavy atom. The van der Waals surface area contributed by atoms with Crippen LogP contribution in [-0.2, 0) is 0 Å². The van der Waals surface area contributed by atoms with Crippen LogP contribution < -0.4 is 0 Å². The molecule has 2 heterocycles. The van der Waals surface area contributed by atoms with E-state index in [0.29, 0.717) is 5.56 Å². The van der Waals surface area contributed by atoms with Crippen LogP contribution in [0.25, 0.3) is 126 Å². The molecule has 288 valence electrons. The number of hydrogen-bond donors (Lipinski definition) is 0. The van der Waals surface area contributed by atoms with Crippen molar-refractivity contribution >= 4 is 76.1 Å². The van der Waals surface area contributed by atoms with E-state index in [4.69, 9.17) is 11.3 Å². The SMILES string of the molecule is [2H]c1c([2H])c([2H])c(-c2c3ccccc3c(-c3cc(-c4ccc5oc6ccccc6c5c4-c4ccc5c6ccccc6n(-c6ccccc6)c5c4)cc4ccccc34)c3ccccc23)c([2H])c1[2H]. The highest BCUT2D eigenvalue weighted by molar-refractivity contribution is 6.24. The van der Waals surface area contributed by atoms with E-state index in [1.165, 1.54) is 10.8 Å². The molecular formula is C60H37NO. The lowest BCUT2D eigenvalue weighted by Crippen LogP contribution is -1.94. The molecule has 0 aliphatic carbocycles. The van der Waals surface area contributed by atoms with E-state index < -0.39 is 6.04 Å². The van der Waals surface area contributed by atoms with Crippen LogP contribution in [0.1, 0.15) is 6.85 Å². The molecule has 0 aliphatic rings. The molecule has 0 atom stereocenters. The molecule has 2 heteroatoms. The molecule has 0 radical (unpaired) electrons. The minimum absolute atomic E-state index is 0.192. The van der Waals surface area contributed by atoms with Crippen molar-refractivity contribution in [2.75, 3.05) is 0 Å². The molecule has 0 fully saturated rings. The highest BCUT2D eigenvalue weighted by Gasteiger charge is 2.23. The maximum atomic E-state index is 9.11. The molecule has 0 aliphatic heterocycles. The van der Waals surface area contributed by atoms with Crippen LogP contribution in [0, 0.1) is 0 Å². The van der Waals surface area contributed by atoms with Gasteiger partial charge in [0.1, 0.15) is 11.2 Å². The molecule has 0 N–H and O–H groups in total. The number of benzene rings is 11. The average molecular weight is 793 g/mol. The molecule has 2 aromatic heterocycles. The second kappa shape index (κ2) is 13.7.